The van der Waals surface area contributed by atoms with Crippen molar-refractivity contribution in [1.82, 2.24) is 14.6 Å². The van der Waals surface area contributed by atoms with Gasteiger partial charge in [-0.1, -0.05) is 41.3 Å². The Labute approximate surface area is 124 Å². The van der Waals surface area contributed by atoms with Crippen LogP contribution in [0.4, 0.5) is 0 Å². The van der Waals surface area contributed by atoms with Crippen LogP contribution in [0.1, 0.15) is 0 Å². The van der Waals surface area contributed by atoms with E-state index in [0.717, 1.165) is 37.3 Å². The average molecular weight is 299 g/mol. The van der Waals surface area contributed by atoms with E-state index in [4.69, 9.17) is 4.42 Å². The number of aromatic nitrogens is 3. The molecule has 0 saturated heterocycles. The van der Waals surface area contributed by atoms with Crippen LogP contribution in [-0.2, 0) is 0 Å². The zero-order chi connectivity index (χ0) is 13.7. The van der Waals surface area contributed by atoms with Gasteiger partial charge in [-0.3, -0.25) is 0 Å². The van der Waals surface area contributed by atoms with Gasteiger partial charge in [0.25, 0.3) is 0 Å². The summed E-state index contributed by atoms with van der Waals surface area (Å²) in [5.41, 5.74) is 2.76. The molecule has 3 aromatic heterocycles. The van der Waals surface area contributed by atoms with Crippen LogP contribution in [0.25, 0.3) is 27.4 Å². The SMILES string of the molecule is Bc1c(-c2cc3ccccc3o2)nc2sc(SC)nn12. The number of hydrogen-bond acceptors (Lipinski definition) is 5. The molecule has 4 rings (SSSR count). The highest BCUT2D eigenvalue weighted by atomic mass is 32.2. The van der Waals surface area contributed by atoms with E-state index in [1.165, 1.54) is 0 Å². The molecule has 0 radical (unpaired) electrons. The van der Waals surface area contributed by atoms with Crippen LogP contribution in [-0.4, -0.2) is 28.7 Å². The predicted octanol–water partition coefficient (Wildman–Crippen LogP) is 2.18. The third kappa shape index (κ3) is 1.70. The first-order valence-electron chi connectivity index (χ1n) is 6.15. The Morgan fingerprint density at radius 2 is 2.20 bits per heavy atom. The largest absolute Gasteiger partial charge is 0.454 e. The number of para-hydroxylation sites is 1. The zero-order valence-corrected chi connectivity index (χ0v) is 12.6. The second-order valence-electron chi connectivity index (χ2n) is 4.46. The highest BCUT2D eigenvalue weighted by Crippen LogP contribution is 2.28. The van der Waals surface area contributed by atoms with Crippen molar-refractivity contribution in [1.29, 1.82) is 0 Å². The fourth-order valence-electron chi connectivity index (χ4n) is 2.25. The molecular weight excluding hydrogens is 289 g/mol. The Morgan fingerprint density at radius 3 is 2.95 bits per heavy atom. The zero-order valence-electron chi connectivity index (χ0n) is 11.0. The van der Waals surface area contributed by atoms with Crippen molar-refractivity contribution < 1.29 is 4.42 Å². The maximum absolute atomic E-state index is 5.89. The number of fused-ring (bicyclic) bond motifs is 2. The number of thioether (sulfide) groups is 1. The molecule has 0 amide bonds. The summed E-state index contributed by atoms with van der Waals surface area (Å²) in [5, 5.41) is 5.62. The van der Waals surface area contributed by atoms with Crippen molar-refractivity contribution in [2.24, 2.45) is 0 Å². The fourth-order valence-corrected chi connectivity index (χ4v) is 3.65. The monoisotopic (exact) mass is 299 g/mol. The molecule has 98 valence electrons. The van der Waals surface area contributed by atoms with Crippen LogP contribution >= 0.6 is 23.1 Å². The van der Waals surface area contributed by atoms with Crippen LogP contribution in [0.3, 0.4) is 0 Å². The van der Waals surface area contributed by atoms with Crippen molar-refractivity contribution in [2.75, 3.05) is 6.26 Å². The summed E-state index contributed by atoms with van der Waals surface area (Å²) in [6.07, 6.45) is 2.02. The molecule has 4 aromatic rings. The summed E-state index contributed by atoms with van der Waals surface area (Å²) in [4.78, 5) is 5.56. The van der Waals surface area contributed by atoms with E-state index in [1.54, 1.807) is 23.1 Å². The molecule has 0 fully saturated rings. The summed E-state index contributed by atoms with van der Waals surface area (Å²) >= 11 is 3.23. The van der Waals surface area contributed by atoms with Crippen LogP contribution < -0.4 is 5.59 Å². The average Bonchev–Trinajstić information content (AvgIpc) is 3.12. The first-order chi connectivity index (χ1) is 9.76. The number of rotatable bonds is 2. The minimum absolute atomic E-state index is 0.798. The molecule has 4 nitrogen and oxygen atoms in total. The van der Waals surface area contributed by atoms with Crippen LogP contribution in [0, 0.1) is 0 Å². The van der Waals surface area contributed by atoms with Crippen molar-refractivity contribution in [2.45, 2.75) is 4.34 Å². The second-order valence-corrected chi connectivity index (χ2v) is 6.47. The van der Waals surface area contributed by atoms with E-state index in [2.05, 4.69) is 10.1 Å². The highest BCUT2D eigenvalue weighted by molar-refractivity contribution is 8.00. The van der Waals surface area contributed by atoms with Crippen molar-refractivity contribution in [3.8, 4) is 11.5 Å². The van der Waals surface area contributed by atoms with Gasteiger partial charge in [0.05, 0.1) is 0 Å². The van der Waals surface area contributed by atoms with Crippen LogP contribution in [0.5, 0.6) is 0 Å². The summed E-state index contributed by atoms with van der Waals surface area (Å²) < 4.78 is 8.79. The van der Waals surface area contributed by atoms with E-state index >= 15 is 0 Å². The van der Waals surface area contributed by atoms with Gasteiger partial charge in [-0.15, -0.1) is 5.10 Å². The van der Waals surface area contributed by atoms with E-state index in [-0.39, 0.29) is 0 Å². The molecule has 0 spiro atoms. The molecule has 0 atom stereocenters. The van der Waals surface area contributed by atoms with Crippen LogP contribution in [0.15, 0.2) is 39.1 Å². The number of furan rings is 1. The second kappa shape index (κ2) is 4.39. The molecule has 3 heterocycles. The molecule has 1 aromatic carbocycles. The van der Waals surface area contributed by atoms with Crippen molar-refractivity contribution in [3.05, 3.63) is 30.3 Å². The lowest BCUT2D eigenvalue weighted by atomic mass is 10.0. The minimum Gasteiger partial charge on any atom is -0.454 e. The van der Waals surface area contributed by atoms with Gasteiger partial charge in [0.2, 0.25) is 4.96 Å². The van der Waals surface area contributed by atoms with Gasteiger partial charge in [0.1, 0.15) is 11.3 Å². The lowest BCUT2D eigenvalue weighted by Gasteiger charge is -1.93. The smallest absolute Gasteiger partial charge is 0.213 e. The predicted molar refractivity (Wildman–Crippen MR) is 86.0 cm³/mol. The summed E-state index contributed by atoms with van der Waals surface area (Å²) in [5.74, 6) is 0.798. The highest BCUT2D eigenvalue weighted by Gasteiger charge is 2.17. The number of nitrogens with zero attached hydrogens (tertiary/aromatic N) is 3. The van der Waals surface area contributed by atoms with Gasteiger partial charge >= 0.3 is 0 Å². The van der Waals surface area contributed by atoms with E-state index in [9.17, 15) is 0 Å². The first kappa shape index (κ1) is 12.0. The summed E-state index contributed by atoms with van der Waals surface area (Å²) in [6, 6.07) is 10.0. The summed E-state index contributed by atoms with van der Waals surface area (Å²) in [6.45, 7) is 0. The van der Waals surface area contributed by atoms with Crippen molar-refractivity contribution in [3.63, 3.8) is 0 Å². The van der Waals surface area contributed by atoms with Gasteiger partial charge in [0, 0.05) is 11.0 Å². The van der Waals surface area contributed by atoms with Crippen LogP contribution in [0.2, 0.25) is 0 Å². The summed E-state index contributed by atoms with van der Waals surface area (Å²) in [7, 11) is 2.02. The van der Waals surface area contributed by atoms with Gasteiger partial charge < -0.3 is 4.42 Å². The molecule has 0 aliphatic heterocycles. The van der Waals surface area contributed by atoms with Gasteiger partial charge in [-0.05, 0) is 18.4 Å². The Kier molecular flexibility index (Phi) is 2.65. The third-order valence-corrected chi connectivity index (χ3v) is 5.13. The molecule has 0 aliphatic rings. The van der Waals surface area contributed by atoms with Crippen molar-refractivity contribution >= 4 is 52.5 Å². The Balaban J connectivity index is 1.92. The Morgan fingerprint density at radius 1 is 1.35 bits per heavy atom. The third-order valence-electron chi connectivity index (χ3n) is 3.24. The normalized spacial score (nSPS) is 11.7. The minimum atomic E-state index is 0.798. The Bertz CT molecular complexity index is 891. The maximum Gasteiger partial charge on any atom is 0.213 e. The number of hydrogen-bond donors (Lipinski definition) is 0. The van der Waals surface area contributed by atoms with E-state index in [0.29, 0.717) is 0 Å². The quantitative estimate of drug-likeness (QED) is 0.420. The lowest BCUT2D eigenvalue weighted by molar-refractivity contribution is 0.630. The molecule has 0 unspecified atom stereocenters. The number of benzene rings is 1. The van der Waals surface area contributed by atoms with Gasteiger partial charge in [-0.2, -0.15) is 0 Å². The first-order valence-corrected chi connectivity index (χ1v) is 8.19. The molecule has 20 heavy (non-hydrogen) atoms. The molecule has 0 N–H and O–H groups in total. The number of imidazole rings is 1. The fraction of sp³-hybridized carbons (Fsp3) is 0.0769. The molecular formula is C13H10BN3OS2. The van der Waals surface area contributed by atoms with Gasteiger partial charge in [-0.25, -0.2) is 9.50 Å². The molecule has 7 heteroatoms. The molecule has 0 bridgehead atoms. The standard InChI is InChI=1S/C13H10BN3OS2/c1-19-13-16-17-11(14)10(15-12(17)20-13)9-6-7-4-2-3-5-8(7)18-9/h2-6H,14H2,1H3. The van der Waals surface area contributed by atoms with E-state index < -0.39 is 0 Å². The van der Waals surface area contributed by atoms with E-state index in [1.807, 2.05) is 48.9 Å². The molecule has 0 aliphatic carbocycles. The topological polar surface area (TPSA) is 43.3 Å². The Hall–Kier alpha value is -1.73. The maximum atomic E-state index is 5.89. The molecule has 0 saturated carbocycles. The lowest BCUT2D eigenvalue weighted by Crippen LogP contribution is -2.13. The van der Waals surface area contributed by atoms with Gasteiger partial charge in [0.15, 0.2) is 17.9 Å².